The zero-order chi connectivity index (χ0) is 18.2. The summed E-state index contributed by atoms with van der Waals surface area (Å²) in [5, 5.41) is 7.40. The first-order valence-corrected chi connectivity index (χ1v) is 9.70. The Kier molecular flexibility index (Phi) is 4.86. The third kappa shape index (κ3) is 3.56. The molecule has 1 amide bonds. The molecule has 2 aromatic rings. The molecule has 0 radical (unpaired) electrons. The van der Waals surface area contributed by atoms with E-state index in [9.17, 15) is 13.2 Å². The van der Waals surface area contributed by atoms with Gasteiger partial charge in [-0.1, -0.05) is 11.6 Å². The Bertz CT molecular complexity index is 893. The van der Waals surface area contributed by atoms with Crippen LogP contribution >= 0.6 is 11.6 Å². The maximum atomic E-state index is 12.9. The summed E-state index contributed by atoms with van der Waals surface area (Å²) in [5.41, 5.74) is 0.773. The molecule has 2 heterocycles. The number of hydrogen-bond acceptors (Lipinski definition) is 4. The standard InChI is InChI=1S/C16H19ClN4O3S/c1-11-10-15(20(2)19-11)18-16(22)14-4-3-9-21(14)25(23,24)13-7-5-12(17)6-8-13/h5-8,10,14H,3-4,9H2,1-2H3,(H,18,22)/t14-/m0/s1. The molecule has 1 N–H and O–H groups in total. The second kappa shape index (κ2) is 6.78. The Morgan fingerprint density at radius 1 is 1.32 bits per heavy atom. The van der Waals surface area contributed by atoms with E-state index in [1.807, 2.05) is 6.92 Å². The highest BCUT2D eigenvalue weighted by molar-refractivity contribution is 7.89. The molecule has 1 aliphatic rings. The van der Waals surface area contributed by atoms with Crippen molar-refractivity contribution in [2.45, 2.75) is 30.7 Å². The van der Waals surface area contributed by atoms with Gasteiger partial charge in [-0.05, 0) is 44.0 Å². The first-order valence-electron chi connectivity index (χ1n) is 7.88. The van der Waals surface area contributed by atoms with Gasteiger partial charge in [0, 0.05) is 24.7 Å². The largest absolute Gasteiger partial charge is 0.310 e. The molecule has 3 rings (SSSR count). The molecule has 1 atom stereocenters. The molecule has 0 unspecified atom stereocenters. The number of aromatic nitrogens is 2. The van der Waals surface area contributed by atoms with Crippen LogP contribution in [0.2, 0.25) is 5.02 Å². The topological polar surface area (TPSA) is 84.3 Å². The van der Waals surface area contributed by atoms with Crippen molar-refractivity contribution >= 4 is 33.3 Å². The molecule has 0 saturated carbocycles. The molecule has 0 aliphatic carbocycles. The number of anilines is 1. The second-order valence-electron chi connectivity index (χ2n) is 6.01. The number of carbonyl (C=O) groups excluding carboxylic acids is 1. The fourth-order valence-corrected chi connectivity index (χ4v) is 4.75. The van der Waals surface area contributed by atoms with E-state index in [0.29, 0.717) is 30.2 Å². The number of nitrogens with one attached hydrogen (secondary N) is 1. The van der Waals surface area contributed by atoms with Crippen LogP contribution in [-0.4, -0.2) is 41.0 Å². The Morgan fingerprint density at radius 3 is 2.60 bits per heavy atom. The number of amides is 1. The molecule has 25 heavy (non-hydrogen) atoms. The lowest BCUT2D eigenvalue weighted by Gasteiger charge is -2.23. The Labute approximate surface area is 151 Å². The lowest BCUT2D eigenvalue weighted by molar-refractivity contribution is -0.119. The van der Waals surface area contributed by atoms with Gasteiger partial charge in [-0.2, -0.15) is 9.40 Å². The van der Waals surface area contributed by atoms with Crippen LogP contribution in [0.1, 0.15) is 18.5 Å². The van der Waals surface area contributed by atoms with E-state index in [2.05, 4.69) is 10.4 Å². The average molecular weight is 383 g/mol. The van der Waals surface area contributed by atoms with Crippen molar-refractivity contribution in [3.05, 3.63) is 41.0 Å². The minimum atomic E-state index is -3.76. The van der Waals surface area contributed by atoms with Crippen molar-refractivity contribution in [1.82, 2.24) is 14.1 Å². The van der Waals surface area contributed by atoms with Crippen molar-refractivity contribution in [1.29, 1.82) is 0 Å². The van der Waals surface area contributed by atoms with Gasteiger partial charge in [0.15, 0.2) is 0 Å². The lowest BCUT2D eigenvalue weighted by Crippen LogP contribution is -2.43. The zero-order valence-corrected chi connectivity index (χ0v) is 15.5. The zero-order valence-electron chi connectivity index (χ0n) is 13.9. The van der Waals surface area contributed by atoms with Crippen LogP contribution in [0.25, 0.3) is 0 Å². The summed E-state index contributed by atoms with van der Waals surface area (Å²) in [5.74, 6) is 0.191. The summed E-state index contributed by atoms with van der Waals surface area (Å²) >= 11 is 5.83. The number of halogens is 1. The quantitative estimate of drug-likeness (QED) is 0.878. The first-order chi connectivity index (χ1) is 11.8. The molecule has 1 aromatic carbocycles. The van der Waals surface area contributed by atoms with Crippen LogP contribution in [0.4, 0.5) is 5.82 Å². The smallest absolute Gasteiger partial charge is 0.243 e. The minimum Gasteiger partial charge on any atom is -0.310 e. The van der Waals surface area contributed by atoms with Gasteiger partial charge in [0.1, 0.15) is 11.9 Å². The third-order valence-electron chi connectivity index (χ3n) is 4.18. The predicted molar refractivity (Wildman–Crippen MR) is 94.9 cm³/mol. The highest BCUT2D eigenvalue weighted by atomic mass is 35.5. The summed E-state index contributed by atoms with van der Waals surface area (Å²) in [6.45, 7) is 2.13. The van der Waals surface area contributed by atoms with Crippen molar-refractivity contribution in [2.75, 3.05) is 11.9 Å². The monoisotopic (exact) mass is 382 g/mol. The number of hydrogen-bond donors (Lipinski definition) is 1. The van der Waals surface area contributed by atoms with Gasteiger partial charge in [0.05, 0.1) is 10.6 Å². The molecule has 0 bridgehead atoms. The lowest BCUT2D eigenvalue weighted by atomic mass is 10.2. The van der Waals surface area contributed by atoms with Crippen LogP contribution in [0.5, 0.6) is 0 Å². The molecular weight excluding hydrogens is 364 g/mol. The molecule has 1 aliphatic heterocycles. The molecule has 1 fully saturated rings. The van der Waals surface area contributed by atoms with E-state index < -0.39 is 16.1 Å². The highest BCUT2D eigenvalue weighted by Crippen LogP contribution is 2.27. The van der Waals surface area contributed by atoms with Gasteiger partial charge in [-0.25, -0.2) is 8.42 Å². The highest BCUT2D eigenvalue weighted by Gasteiger charge is 2.39. The molecule has 0 spiro atoms. The van der Waals surface area contributed by atoms with Gasteiger partial charge < -0.3 is 5.32 Å². The second-order valence-corrected chi connectivity index (χ2v) is 8.34. The van der Waals surface area contributed by atoms with Gasteiger partial charge in [-0.3, -0.25) is 9.48 Å². The first kappa shape index (κ1) is 17.9. The third-order valence-corrected chi connectivity index (χ3v) is 6.35. The average Bonchev–Trinajstić information content (AvgIpc) is 3.15. The molecule has 9 heteroatoms. The summed E-state index contributed by atoms with van der Waals surface area (Å²) in [4.78, 5) is 12.8. The fraction of sp³-hybridized carbons (Fsp3) is 0.375. The number of aryl methyl sites for hydroxylation is 2. The number of benzene rings is 1. The van der Waals surface area contributed by atoms with E-state index in [0.717, 1.165) is 5.69 Å². The van der Waals surface area contributed by atoms with E-state index >= 15 is 0 Å². The number of nitrogens with zero attached hydrogens (tertiary/aromatic N) is 3. The molecule has 1 saturated heterocycles. The van der Waals surface area contributed by atoms with Crippen molar-refractivity contribution < 1.29 is 13.2 Å². The van der Waals surface area contributed by atoms with Crippen LogP contribution in [0, 0.1) is 6.92 Å². The van der Waals surface area contributed by atoms with Gasteiger partial charge in [0.25, 0.3) is 0 Å². The Balaban J connectivity index is 1.83. The molecule has 7 nitrogen and oxygen atoms in total. The molecule has 134 valence electrons. The van der Waals surface area contributed by atoms with Crippen molar-refractivity contribution in [2.24, 2.45) is 7.05 Å². The fourth-order valence-electron chi connectivity index (χ4n) is 2.97. The van der Waals surface area contributed by atoms with E-state index in [1.54, 1.807) is 17.8 Å². The van der Waals surface area contributed by atoms with Crippen LogP contribution in [-0.2, 0) is 21.9 Å². The van der Waals surface area contributed by atoms with Crippen molar-refractivity contribution in [3.8, 4) is 0 Å². The van der Waals surface area contributed by atoms with E-state index in [4.69, 9.17) is 11.6 Å². The Hall–Kier alpha value is -1.90. The van der Waals surface area contributed by atoms with Gasteiger partial charge >= 0.3 is 0 Å². The summed E-state index contributed by atoms with van der Waals surface area (Å²) < 4.78 is 28.6. The van der Waals surface area contributed by atoms with Crippen molar-refractivity contribution in [3.63, 3.8) is 0 Å². The Morgan fingerprint density at radius 2 is 2.00 bits per heavy atom. The van der Waals surface area contributed by atoms with Crippen LogP contribution in [0.15, 0.2) is 35.2 Å². The minimum absolute atomic E-state index is 0.132. The summed E-state index contributed by atoms with van der Waals surface area (Å²) in [7, 11) is -2.03. The predicted octanol–water partition coefficient (Wildman–Crippen LogP) is 2.17. The number of rotatable bonds is 4. The van der Waals surface area contributed by atoms with E-state index in [1.165, 1.54) is 28.6 Å². The van der Waals surface area contributed by atoms with Gasteiger partial charge in [0.2, 0.25) is 15.9 Å². The van der Waals surface area contributed by atoms with Gasteiger partial charge in [-0.15, -0.1) is 0 Å². The molecular formula is C16H19ClN4O3S. The van der Waals surface area contributed by atoms with Crippen LogP contribution in [0.3, 0.4) is 0 Å². The maximum Gasteiger partial charge on any atom is 0.243 e. The number of carbonyl (C=O) groups is 1. The summed E-state index contributed by atoms with van der Waals surface area (Å²) in [6, 6.07) is 6.96. The normalized spacial score (nSPS) is 18.4. The van der Waals surface area contributed by atoms with Crippen LogP contribution < -0.4 is 5.32 Å². The number of sulfonamides is 1. The summed E-state index contributed by atoms with van der Waals surface area (Å²) in [6.07, 6.45) is 1.12. The molecule has 1 aromatic heterocycles. The SMILES string of the molecule is Cc1cc(NC(=O)[C@@H]2CCCN2S(=O)(=O)c2ccc(Cl)cc2)n(C)n1. The van der Waals surface area contributed by atoms with E-state index in [-0.39, 0.29) is 10.8 Å². The maximum absolute atomic E-state index is 12.9.